The van der Waals surface area contributed by atoms with Crippen molar-refractivity contribution in [2.75, 3.05) is 20.3 Å². The minimum absolute atomic E-state index is 0.488. The number of hydrogen-bond donors (Lipinski definition) is 1. The third kappa shape index (κ3) is 5.22. The van der Waals surface area contributed by atoms with Crippen LogP contribution in [-0.4, -0.2) is 26.3 Å². The van der Waals surface area contributed by atoms with E-state index in [0.29, 0.717) is 12.0 Å². The SMILES string of the molecule is COCC(NCC1CC(C)=CC(C)C1)C(C)C. The third-order valence-electron chi connectivity index (χ3n) is 3.70. The minimum atomic E-state index is 0.488. The van der Waals surface area contributed by atoms with Gasteiger partial charge in [-0.1, -0.05) is 32.4 Å². The lowest BCUT2D eigenvalue weighted by Gasteiger charge is -2.29. The monoisotopic (exact) mass is 239 g/mol. The molecule has 0 heterocycles. The van der Waals surface area contributed by atoms with Gasteiger partial charge in [-0.15, -0.1) is 0 Å². The molecular formula is C15H29NO. The molecule has 2 heteroatoms. The predicted octanol–water partition coefficient (Wildman–Crippen LogP) is 3.24. The molecule has 2 nitrogen and oxygen atoms in total. The summed E-state index contributed by atoms with van der Waals surface area (Å²) in [7, 11) is 1.78. The van der Waals surface area contributed by atoms with Gasteiger partial charge in [0.25, 0.3) is 0 Å². The Balaban J connectivity index is 2.36. The molecule has 3 unspecified atom stereocenters. The standard InChI is InChI=1S/C15H29NO/c1-11(2)15(10-17-5)16-9-14-7-12(3)6-13(4)8-14/h6,11-12,14-16H,7-10H2,1-5H3. The highest BCUT2D eigenvalue weighted by atomic mass is 16.5. The zero-order chi connectivity index (χ0) is 12.8. The van der Waals surface area contributed by atoms with Gasteiger partial charge in [-0.3, -0.25) is 0 Å². The summed E-state index contributed by atoms with van der Waals surface area (Å²) in [4.78, 5) is 0. The van der Waals surface area contributed by atoms with E-state index in [9.17, 15) is 0 Å². The first kappa shape index (κ1) is 14.7. The molecule has 0 radical (unpaired) electrons. The third-order valence-corrected chi connectivity index (χ3v) is 3.70. The molecule has 0 aliphatic heterocycles. The van der Waals surface area contributed by atoms with E-state index in [1.807, 2.05) is 0 Å². The molecular weight excluding hydrogens is 210 g/mol. The molecule has 3 atom stereocenters. The molecule has 0 amide bonds. The highest BCUT2D eigenvalue weighted by Gasteiger charge is 2.20. The van der Waals surface area contributed by atoms with Crippen LogP contribution < -0.4 is 5.32 Å². The zero-order valence-corrected chi connectivity index (χ0v) is 12.1. The summed E-state index contributed by atoms with van der Waals surface area (Å²) in [6.45, 7) is 11.0. The fourth-order valence-electron chi connectivity index (χ4n) is 2.83. The summed E-state index contributed by atoms with van der Waals surface area (Å²) >= 11 is 0. The number of ether oxygens (including phenoxy) is 1. The molecule has 0 bridgehead atoms. The highest BCUT2D eigenvalue weighted by Crippen LogP contribution is 2.27. The number of allylic oxidation sites excluding steroid dienone is 2. The van der Waals surface area contributed by atoms with Crippen molar-refractivity contribution in [3.05, 3.63) is 11.6 Å². The minimum Gasteiger partial charge on any atom is -0.383 e. The molecule has 17 heavy (non-hydrogen) atoms. The molecule has 0 aromatic carbocycles. The van der Waals surface area contributed by atoms with E-state index >= 15 is 0 Å². The number of methoxy groups -OCH3 is 1. The van der Waals surface area contributed by atoms with Gasteiger partial charge in [0.15, 0.2) is 0 Å². The molecule has 1 aliphatic rings. The normalized spacial score (nSPS) is 27.1. The van der Waals surface area contributed by atoms with E-state index in [4.69, 9.17) is 4.74 Å². The lowest BCUT2D eigenvalue weighted by atomic mass is 9.83. The molecule has 0 fully saturated rings. The van der Waals surface area contributed by atoms with Crippen molar-refractivity contribution in [3.63, 3.8) is 0 Å². The Morgan fingerprint density at radius 1 is 1.47 bits per heavy atom. The first-order chi connectivity index (χ1) is 8.02. The van der Waals surface area contributed by atoms with Gasteiger partial charge < -0.3 is 10.1 Å². The Bertz CT molecular complexity index is 247. The van der Waals surface area contributed by atoms with Crippen molar-refractivity contribution >= 4 is 0 Å². The molecule has 0 aromatic heterocycles. The van der Waals surface area contributed by atoms with E-state index in [1.165, 1.54) is 12.8 Å². The van der Waals surface area contributed by atoms with Crippen LogP contribution in [0.1, 0.15) is 40.5 Å². The lowest BCUT2D eigenvalue weighted by Crippen LogP contribution is -2.41. The summed E-state index contributed by atoms with van der Waals surface area (Å²) < 4.78 is 5.27. The van der Waals surface area contributed by atoms with E-state index in [1.54, 1.807) is 12.7 Å². The fraction of sp³-hybridized carbons (Fsp3) is 0.867. The summed E-state index contributed by atoms with van der Waals surface area (Å²) in [6, 6.07) is 0.488. The van der Waals surface area contributed by atoms with Gasteiger partial charge in [-0.25, -0.2) is 0 Å². The van der Waals surface area contributed by atoms with Crippen LogP contribution in [0, 0.1) is 17.8 Å². The summed E-state index contributed by atoms with van der Waals surface area (Å²) in [6.07, 6.45) is 5.00. The topological polar surface area (TPSA) is 21.3 Å². The maximum absolute atomic E-state index is 5.27. The van der Waals surface area contributed by atoms with Crippen molar-refractivity contribution in [3.8, 4) is 0 Å². The largest absolute Gasteiger partial charge is 0.383 e. The fourth-order valence-corrected chi connectivity index (χ4v) is 2.83. The molecule has 0 aromatic rings. The van der Waals surface area contributed by atoms with E-state index in [0.717, 1.165) is 25.0 Å². The van der Waals surface area contributed by atoms with Gasteiger partial charge in [-0.05, 0) is 44.1 Å². The van der Waals surface area contributed by atoms with Crippen molar-refractivity contribution in [2.24, 2.45) is 17.8 Å². The van der Waals surface area contributed by atoms with Crippen molar-refractivity contribution in [1.29, 1.82) is 0 Å². The van der Waals surface area contributed by atoms with Crippen LogP contribution in [0.25, 0.3) is 0 Å². The quantitative estimate of drug-likeness (QED) is 0.719. The van der Waals surface area contributed by atoms with Gasteiger partial charge in [-0.2, -0.15) is 0 Å². The van der Waals surface area contributed by atoms with E-state index in [-0.39, 0.29) is 0 Å². The first-order valence-corrected chi connectivity index (χ1v) is 6.92. The molecule has 1 rings (SSSR count). The maximum Gasteiger partial charge on any atom is 0.0618 e. The van der Waals surface area contributed by atoms with Crippen LogP contribution in [0.15, 0.2) is 11.6 Å². The van der Waals surface area contributed by atoms with Crippen LogP contribution in [0.4, 0.5) is 0 Å². The number of hydrogen-bond acceptors (Lipinski definition) is 2. The average molecular weight is 239 g/mol. The van der Waals surface area contributed by atoms with Crippen LogP contribution in [0.3, 0.4) is 0 Å². The zero-order valence-electron chi connectivity index (χ0n) is 12.1. The Morgan fingerprint density at radius 3 is 2.71 bits per heavy atom. The van der Waals surface area contributed by atoms with Crippen LogP contribution in [0.5, 0.6) is 0 Å². The summed E-state index contributed by atoms with van der Waals surface area (Å²) in [5.74, 6) is 2.18. The molecule has 1 N–H and O–H groups in total. The van der Waals surface area contributed by atoms with Gasteiger partial charge in [0.05, 0.1) is 6.61 Å². The van der Waals surface area contributed by atoms with Crippen molar-refractivity contribution < 1.29 is 4.74 Å². The van der Waals surface area contributed by atoms with Gasteiger partial charge >= 0.3 is 0 Å². The van der Waals surface area contributed by atoms with Crippen LogP contribution in [-0.2, 0) is 4.74 Å². The predicted molar refractivity (Wildman–Crippen MR) is 74.1 cm³/mol. The van der Waals surface area contributed by atoms with Gasteiger partial charge in [0.1, 0.15) is 0 Å². The van der Waals surface area contributed by atoms with Crippen LogP contribution >= 0.6 is 0 Å². The smallest absolute Gasteiger partial charge is 0.0618 e. The van der Waals surface area contributed by atoms with Gasteiger partial charge in [0.2, 0.25) is 0 Å². The molecule has 1 aliphatic carbocycles. The molecule has 100 valence electrons. The van der Waals surface area contributed by atoms with E-state index in [2.05, 4.69) is 39.1 Å². The summed E-state index contributed by atoms with van der Waals surface area (Å²) in [5.41, 5.74) is 1.56. The Kier molecular flexibility index (Phi) is 6.21. The molecule has 0 spiro atoms. The average Bonchev–Trinajstić information content (AvgIpc) is 2.22. The number of nitrogens with one attached hydrogen (secondary N) is 1. The molecule has 0 saturated heterocycles. The van der Waals surface area contributed by atoms with Gasteiger partial charge in [0, 0.05) is 13.2 Å². The maximum atomic E-state index is 5.27. The Labute approximate surface area is 107 Å². The Hall–Kier alpha value is -0.340. The van der Waals surface area contributed by atoms with Crippen molar-refractivity contribution in [1.82, 2.24) is 5.32 Å². The second-order valence-corrected chi connectivity index (χ2v) is 6.01. The highest BCUT2D eigenvalue weighted by molar-refractivity contribution is 5.06. The van der Waals surface area contributed by atoms with E-state index < -0.39 is 0 Å². The van der Waals surface area contributed by atoms with Crippen molar-refractivity contribution in [2.45, 2.75) is 46.6 Å². The first-order valence-electron chi connectivity index (χ1n) is 6.92. The second kappa shape index (κ2) is 7.17. The Morgan fingerprint density at radius 2 is 2.18 bits per heavy atom. The summed E-state index contributed by atoms with van der Waals surface area (Å²) in [5, 5.41) is 3.68. The second-order valence-electron chi connectivity index (χ2n) is 6.01. The number of rotatable bonds is 6. The van der Waals surface area contributed by atoms with Crippen LogP contribution in [0.2, 0.25) is 0 Å². The molecule has 0 saturated carbocycles. The lowest BCUT2D eigenvalue weighted by molar-refractivity contribution is 0.143.